The van der Waals surface area contributed by atoms with Gasteiger partial charge in [0.1, 0.15) is 12.2 Å². The minimum absolute atomic E-state index is 0.0291. The van der Waals surface area contributed by atoms with Crippen molar-refractivity contribution in [2.45, 2.75) is 37.3 Å². The molecule has 11 nitrogen and oxygen atoms in total. The fraction of sp³-hybridized carbons (Fsp3) is 0.833. The van der Waals surface area contributed by atoms with E-state index in [1.54, 1.807) is 0 Å². The van der Waals surface area contributed by atoms with E-state index in [4.69, 9.17) is 15.2 Å². The van der Waals surface area contributed by atoms with Crippen LogP contribution in [0.1, 0.15) is 6.92 Å². The third kappa shape index (κ3) is 4.93. The van der Waals surface area contributed by atoms with Crippen molar-refractivity contribution >= 4 is 23.6 Å². The molecule has 0 bridgehead atoms. The first-order valence-corrected chi connectivity index (χ1v) is 8.46. The van der Waals surface area contributed by atoms with E-state index in [0.29, 0.717) is 11.6 Å². The third-order valence-corrected chi connectivity index (χ3v) is 4.56. The second kappa shape index (κ2) is 8.46. The molecule has 0 aromatic rings. The summed E-state index contributed by atoms with van der Waals surface area (Å²) in [5, 5.41) is 14.9. The Kier molecular flexibility index (Phi) is 6.60. The van der Waals surface area contributed by atoms with Crippen molar-refractivity contribution in [1.82, 2.24) is 10.6 Å². The van der Waals surface area contributed by atoms with Crippen molar-refractivity contribution in [3.63, 3.8) is 0 Å². The number of nitrogens with zero attached hydrogens (tertiary/aromatic N) is 1. The fourth-order valence-electron chi connectivity index (χ4n) is 2.49. The van der Waals surface area contributed by atoms with Gasteiger partial charge < -0.3 is 30.7 Å². The van der Waals surface area contributed by atoms with Gasteiger partial charge in [0.2, 0.25) is 11.8 Å². The normalized spacial score (nSPS) is 29.6. The molecule has 2 aliphatic heterocycles. The molecule has 2 heterocycles. The van der Waals surface area contributed by atoms with E-state index in [1.165, 1.54) is 18.7 Å². The summed E-state index contributed by atoms with van der Waals surface area (Å²) in [6.45, 7) is 1.60. The minimum Gasteiger partial charge on any atom is -0.371 e. The van der Waals surface area contributed by atoms with E-state index in [2.05, 4.69) is 15.5 Å². The van der Waals surface area contributed by atoms with Crippen LogP contribution in [0.5, 0.6) is 0 Å². The van der Waals surface area contributed by atoms with Gasteiger partial charge in [0, 0.05) is 12.7 Å². The van der Waals surface area contributed by atoms with E-state index >= 15 is 0 Å². The summed E-state index contributed by atoms with van der Waals surface area (Å²) in [6, 6.07) is -1.19. The highest BCUT2D eigenvalue weighted by Gasteiger charge is 2.50. The quantitative estimate of drug-likeness (QED) is 0.192. The zero-order valence-corrected chi connectivity index (χ0v) is 13.8. The van der Waals surface area contributed by atoms with Crippen molar-refractivity contribution in [3.05, 3.63) is 10.1 Å². The zero-order valence-electron chi connectivity index (χ0n) is 13.0. The Morgan fingerprint density at radius 1 is 1.42 bits per heavy atom. The molecular weight excluding hydrogens is 344 g/mol. The Hall–Kier alpha value is -1.63. The van der Waals surface area contributed by atoms with Crippen LogP contribution in [0.2, 0.25) is 0 Å². The molecule has 136 valence electrons. The third-order valence-electron chi connectivity index (χ3n) is 3.61. The average Bonchev–Trinajstić information content (AvgIpc) is 3.07. The van der Waals surface area contributed by atoms with Gasteiger partial charge in [0.05, 0.1) is 31.2 Å². The van der Waals surface area contributed by atoms with Gasteiger partial charge in [0.25, 0.3) is 5.09 Å². The van der Waals surface area contributed by atoms with Crippen LogP contribution in [0, 0.1) is 10.1 Å². The lowest BCUT2D eigenvalue weighted by molar-refractivity contribution is -0.769. The van der Waals surface area contributed by atoms with Gasteiger partial charge in [0.15, 0.2) is 6.10 Å². The average molecular weight is 364 g/mol. The molecule has 0 saturated carbocycles. The second-order valence-corrected chi connectivity index (χ2v) is 6.46. The topological polar surface area (TPSA) is 155 Å². The van der Waals surface area contributed by atoms with E-state index in [9.17, 15) is 19.7 Å². The number of thioether (sulfide) groups is 1. The molecule has 2 amide bonds. The highest BCUT2D eigenvalue weighted by atomic mass is 32.2. The molecule has 2 rings (SSSR count). The highest BCUT2D eigenvalue weighted by molar-refractivity contribution is 7.99. The Balaban J connectivity index is 1.74. The van der Waals surface area contributed by atoms with Crippen LogP contribution >= 0.6 is 11.8 Å². The number of amides is 2. The number of fused-ring (bicyclic) bond motifs is 1. The smallest absolute Gasteiger partial charge is 0.294 e. The Labute approximate surface area is 142 Å². The maximum atomic E-state index is 12.1. The summed E-state index contributed by atoms with van der Waals surface area (Å²) in [4.78, 5) is 37.7. The molecular formula is C12H20N4O7S. The number of hydrogen-bond donors (Lipinski definition) is 3. The molecule has 0 spiro atoms. The second-order valence-electron chi connectivity index (χ2n) is 5.43. The van der Waals surface area contributed by atoms with E-state index in [-0.39, 0.29) is 25.0 Å². The SMILES string of the molecule is CC(=O)NCSC[C@H](N)C(=O)N[C@H]1CO[C@H]2[C@@H]1OC[C@H]2O[N+](=O)[O-]. The van der Waals surface area contributed by atoms with Crippen LogP contribution < -0.4 is 16.4 Å². The van der Waals surface area contributed by atoms with Crippen molar-refractivity contribution in [2.24, 2.45) is 5.73 Å². The van der Waals surface area contributed by atoms with Crippen LogP contribution in [0.15, 0.2) is 0 Å². The summed E-state index contributed by atoms with van der Waals surface area (Å²) >= 11 is 1.33. The molecule has 2 fully saturated rings. The maximum absolute atomic E-state index is 12.1. The predicted molar refractivity (Wildman–Crippen MR) is 82.4 cm³/mol. The van der Waals surface area contributed by atoms with E-state index in [1.807, 2.05) is 0 Å². The Morgan fingerprint density at radius 2 is 2.12 bits per heavy atom. The summed E-state index contributed by atoms with van der Waals surface area (Å²) in [5.41, 5.74) is 5.80. The molecule has 12 heteroatoms. The molecule has 0 unspecified atom stereocenters. The fourth-order valence-corrected chi connectivity index (χ4v) is 3.32. The first-order chi connectivity index (χ1) is 11.4. The first kappa shape index (κ1) is 18.7. The van der Waals surface area contributed by atoms with Crippen LogP contribution in [-0.2, 0) is 23.9 Å². The minimum atomic E-state index is -0.881. The largest absolute Gasteiger partial charge is 0.371 e. The summed E-state index contributed by atoms with van der Waals surface area (Å²) in [7, 11) is 0. The molecule has 2 saturated heterocycles. The van der Waals surface area contributed by atoms with E-state index < -0.39 is 35.5 Å². The van der Waals surface area contributed by atoms with E-state index in [0.717, 1.165) is 0 Å². The van der Waals surface area contributed by atoms with Gasteiger partial charge in [-0.25, -0.2) is 0 Å². The first-order valence-electron chi connectivity index (χ1n) is 7.31. The highest BCUT2D eigenvalue weighted by Crippen LogP contribution is 2.28. The predicted octanol–water partition coefficient (Wildman–Crippen LogP) is -2.00. The van der Waals surface area contributed by atoms with Crippen LogP contribution in [-0.4, -0.2) is 72.1 Å². The molecule has 0 aromatic carbocycles. The van der Waals surface area contributed by atoms with Gasteiger partial charge in [-0.05, 0) is 0 Å². The number of ether oxygens (including phenoxy) is 2. The number of carbonyl (C=O) groups excluding carboxylic acids is 2. The van der Waals surface area contributed by atoms with Gasteiger partial charge in [-0.1, -0.05) is 0 Å². The summed E-state index contributed by atoms with van der Waals surface area (Å²) < 4.78 is 10.9. The monoisotopic (exact) mass is 364 g/mol. The van der Waals surface area contributed by atoms with Gasteiger partial charge in [-0.3, -0.25) is 9.59 Å². The van der Waals surface area contributed by atoms with Gasteiger partial charge >= 0.3 is 0 Å². The lowest BCUT2D eigenvalue weighted by atomic mass is 10.1. The number of hydrogen-bond acceptors (Lipinski definition) is 9. The number of nitrogens with two attached hydrogens (primary N) is 1. The van der Waals surface area contributed by atoms with Crippen LogP contribution in [0.4, 0.5) is 0 Å². The molecule has 4 N–H and O–H groups in total. The van der Waals surface area contributed by atoms with Crippen LogP contribution in [0.3, 0.4) is 0 Å². The standard InChI is InChI=1S/C12H20N4O7S/c1-6(17)14-5-24-4-7(13)12(18)15-8-2-21-11-9(23-16(19)20)3-22-10(8)11/h7-11H,2-5,13H2,1H3,(H,14,17)(H,15,18)/t7-,8-,9+,10+,11+/m0/s1. The summed E-state index contributed by atoms with van der Waals surface area (Å²) in [6.07, 6.45) is -1.89. The lowest BCUT2D eigenvalue weighted by Gasteiger charge is -2.20. The molecule has 0 aliphatic carbocycles. The summed E-state index contributed by atoms with van der Waals surface area (Å²) in [5.74, 6) is 0.180. The van der Waals surface area contributed by atoms with Crippen molar-refractivity contribution in [3.8, 4) is 0 Å². The Bertz CT molecular complexity index is 494. The van der Waals surface area contributed by atoms with Crippen molar-refractivity contribution in [1.29, 1.82) is 0 Å². The Morgan fingerprint density at radius 3 is 2.79 bits per heavy atom. The molecule has 2 aliphatic rings. The number of rotatable bonds is 8. The molecule has 24 heavy (non-hydrogen) atoms. The van der Waals surface area contributed by atoms with Crippen LogP contribution in [0.25, 0.3) is 0 Å². The molecule has 5 atom stereocenters. The van der Waals surface area contributed by atoms with Crippen molar-refractivity contribution < 1.29 is 29.0 Å². The lowest BCUT2D eigenvalue weighted by Crippen LogP contribution is -2.51. The zero-order chi connectivity index (χ0) is 17.7. The molecule has 0 radical (unpaired) electrons. The molecule has 0 aromatic heterocycles. The number of carbonyl (C=O) groups is 2. The van der Waals surface area contributed by atoms with Crippen molar-refractivity contribution in [2.75, 3.05) is 24.8 Å². The van der Waals surface area contributed by atoms with Gasteiger partial charge in [-0.15, -0.1) is 21.9 Å². The van der Waals surface area contributed by atoms with Gasteiger partial charge in [-0.2, -0.15) is 0 Å². The number of nitrogens with one attached hydrogen (secondary N) is 2. The maximum Gasteiger partial charge on any atom is 0.294 e.